The van der Waals surface area contributed by atoms with Crippen LogP contribution in [0.4, 0.5) is 0 Å². The van der Waals surface area contributed by atoms with Crippen LogP contribution >= 0.6 is 0 Å². The van der Waals surface area contributed by atoms with E-state index in [2.05, 4.69) is 18.6 Å². The molecule has 0 amide bonds. The second-order valence-electron chi connectivity index (χ2n) is 5.97. The molecule has 0 aromatic heterocycles. The zero-order chi connectivity index (χ0) is 14.8. The molecule has 1 fully saturated rings. The molecule has 0 radical (unpaired) electrons. The van der Waals surface area contributed by atoms with Gasteiger partial charge < -0.3 is 5.11 Å². The predicted molar refractivity (Wildman–Crippen MR) is 79.1 cm³/mol. The second-order valence-corrected chi connectivity index (χ2v) is 7.66. The first-order valence-corrected chi connectivity index (χ1v) is 8.62. The molecule has 0 aliphatic heterocycles. The molecule has 1 saturated carbocycles. The summed E-state index contributed by atoms with van der Waals surface area (Å²) in [7, 11) is -3.57. The van der Waals surface area contributed by atoms with Crippen molar-refractivity contribution in [1.29, 1.82) is 0 Å². The van der Waals surface area contributed by atoms with Crippen molar-refractivity contribution in [3.8, 4) is 0 Å². The van der Waals surface area contributed by atoms with Crippen molar-refractivity contribution in [3.05, 3.63) is 29.8 Å². The highest BCUT2D eigenvalue weighted by Crippen LogP contribution is 2.31. The van der Waals surface area contributed by atoms with Gasteiger partial charge in [-0.3, -0.25) is 0 Å². The Balaban J connectivity index is 2.21. The van der Waals surface area contributed by atoms with Crippen LogP contribution in [0.3, 0.4) is 0 Å². The van der Waals surface area contributed by atoms with Crippen LogP contribution in [0.5, 0.6) is 0 Å². The van der Waals surface area contributed by atoms with Gasteiger partial charge in [0.15, 0.2) is 0 Å². The summed E-state index contributed by atoms with van der Waals surface area (Å²) >= 11 is 0. The summed E-state index contributed by atoms with van der Waals surface area (Å²) in [6, 6.07) is 6.97. The van der Waals surface area contributed by atoms with E-state index in [0.717, 1.165) is 18.4 Å². The average molecular weight is 297 g/mol. The molecule has 1 aliphatic carbocycles. The van der Waals surface area contributed by atoms with E-state index in [0.29, 0.717) is 18.8 Å². The number of hydrogen-bond donors (Lipinski definition) is 2. The molecule has 2 rings (SSSR count). The van der Waals surface area contributed by atoms with E-state index in [9.17, 15) is 13.5 Å². The molecule has 0 heterocycles. The van der Waals surface area contributed by atoms with Crippen LogP contribution in [0.2, 0.25) is 0 Å². The molecule has 0 unspecified atom stereocenters. The van der Waals surface area contributed by atoms with Gasteiger partial charge in [0, 0.05) is 0 Å². The molecule has 5 heteroatoms. The Kier molecular flexibility index (Phi) is 4.52. The Morgan fingerprint density at radius 2 is 1.75 bits per heavy atom. The first-order chi connectivity index (χ1) is 9.38. The zero-order valence-corrected chi connectivity index (χ0v) is 12.9. The quantitative estimate of drug-likeness (QED) is 0.877. The Morgan fingerprint density at radius 3 is 2.20 bits per heavy atom. The molecule has 0 spiro atoms. The molecular formula is C15H23NO3S. The van der Waals surface area contributed by atoms with Crippen molar-refractivity contribution in [3.63, 3.8) is 0 Å². The minimum Gasteiger partial charge on any atom is -0.394 e. The third kappa shape index (κ3) is 3.22. The van der Waals surface area contributed by atoms with Crippen LogP contribution < -0.4 is 4.72 Å². The van der Waals surface area contributed by atoms with E-state index in [1.807, 2.05) is 12.1 Å². The lowest BCUT2D eigenvalue weighted by atomic mass is 10.0. The molecule has 1 aromatic rings. The Hall–Kier alpha value is -0.910. The summed E-state index contributed by atoms with van der Waals surface area (Å²) in [5.41, 5.74) is 0.442. The zero-order valence-electron chi connectivity index (χ0n) is 12.1. The van der Waals surface area contributed by atoms with Gasteiger partial charge in [-0.2, -0.15) is 0 Å². The fourth-order valence-electron chi connectivity index (χ4n) is 2.72. The van der Waals surface area contributed by atoms with Crippen molar-refractivity contribution in [2.45, 2.75) is 55.9 Å². The van der Waals surface area contributed by atoms with Crippen LogP contribution in [0.1, 0.15) is 51.0 Å². The van der Waals surface area contributed by atoms with Crippen LogP contribution in [0.15, 0.2) is 29.2 Å². The van der Waals surface area contributed by atoms with Gasteiger partial charge in [0.25, 0.3) is 0 Å². The van der Waals surface area contributed by atoms with Crippen LogP contribution in [0.25, 0.3) is 0 Å². The van der Waals surface area contributed by atoms with Crippen molar-refractivity contribution < 1.29 is 13.5 Å². The van der Waals surface area contributed by atoms with Crippen LogP contribution in [-0.2, 0) is 10.0 Å². The number of aliphatic hydroxyl groups is 1. The third-order valence-corrected chi connectivity index (χ3v) is 5.67. The average Bonchev–Trinajstić information content (AvgIpc) is 2.87. The Bertz CT molecular complexity index is 543. The second kappa shape index (κ2) is 5.84. The maximum Gasteiger partial charge on any atom is 0.241 e. The monoisotopic (exact) mass is 297 g/mol. The molecule has 112 valence electrons. The molecule has 0 atom stereocenters. The molecule has 20 heavy (non-hydrogen) atoms. The largest absolute Gasteiger partial charge is 0.394 e. The van der Waals surface area contributed by atoms with E-state index in [1.54, 1.807) is 12.1 Å². The number of benzene rings is 1. The first kappa shape index (κ1) is 15.5. The van der Waals surface area contributed by atoms with Gasteiger partial charge in [0.2, 0.25) is 10.0 Å². The van der Waals surface area contributed by atoms with Gasteiger partial charge in [-0.05, 0) is 36.5 Å². The topological polar surface area (TPSA) is 66.4 Å². The van der Waals surface area contributed by atoms with Gasteiger partial charge in [-0.25, -0.2) is 13.1 Å². The summed E-state index contributed by atoms with van der Waals surface area (Å²) in [6.07, 6.45) is 3.31. The normalized spacial score (nSPS) is 18.6. The van der Waals surface area contributed by atoms with E-state index < -0.39 is 15.6 Å². The van der Waals surface area contributed by atoms with Gasteiger partial charge >= 0.3 is 0 Å². The molecule has 0 saturated heterocycles. The van der Waals surface area contributed by atoms with Gasteiger partial charge in [0.05, 0.1) is 17.0 Å². The Morgan fingerprint density at radius 1 is 1.20 bits per heavy atom. The minimum absolute atomic E-state index is 0.143. The van der Waals surface area contributed by atoms with Crippen molar-refractivity contribution in [2.24, 2.45) is 0 Å². The fraction of sp³-hybridized carbons (Fsp3) is 0.600. The Labute approximate surface area is 121 Å². The molecule has 1 aliphatic rings. The number of hydrogen-bond acceptors (Lipinski definition) is 3. The number of nitrogens with one attached hydrogen (secondary N) is 1. The molecule has 1 aromatic carbocycles. The van der Waals surface area contributed by atoms with Crippen LogP contribution in [-0.4, -0.2) is 25.7 Å². The third-order valence-electron chi connectivity index (χ3n) is 4.07. The SMILES string of the molecule is CC(C)c1ccc(S(=O)(=O)NC2(CO)CCCC2)cc1. The smallest absolute Gasteiger partial charge is 0.241 e. The van der Waals surface area contributed by atoms with Crippen LogP contribution in [0, 0.1) is 0 Å². The molecule has 4 nitrogen and oxygen atoms in total. The first-order valence-electron chi connectivity index (χ1n) is 7.13. The molecule has 0 bridgehead atoms. The highest BCUT2D eigenvalue weighted by Gasteiger charge is 2.37. The fourth-order valence-corrected chi connectivity index (χ4v) is 4.17. The molecule has 2 N–H and O–H groups in total. The van der Waals surface area contributed by atoms with Gasteiger partial charge in [-0.15, -0.1) is 0 Å². The lowest BCUT2D eigenvalue weighted by Crippen LogP contribution is -2.49. The van der Waals surface area contributed by atoms with Crippen molar-refractivity contribution >= 4 is 10.0 Å². The van der Waals surface area contributed by atoms with Gasteiger partial charge in [-0.1, -0.05) is 38.8 Å². The van der Waals surface area contributed by atoms with Crippen molar-refractivity contribution in [1.82, 2.24) is 4.72 Å². The summed E-state index contributed by atoms with van der Waals surface area (Å²) in [5.74, 6) is 0.373. The van der Waals surface area contributed by atoms with Crippen molar-refractivity contribution in [2.75, 3.05) is 6.61 Å². The van der Waals surface area contributed by atoms with E-state index in [4.69, 9.17) is 0 Å². The van der Waals surface area contributed by atoms with E-state index >= 15 is 0 Å². The lowest BCUT2D eigenvalue weighted by molar-refractivity contribution is 0.185. The van der Waals surface area contributed by atoms with E-state index in [1.165, 1.54) is 0 Å². The maximum atomic E-state index is 12.4. The maximum absolute atomic E-state index is 12.4. The number of aliphatic hydroxyl groups excluding tert-OH is 1. The van der Waals surface area contributed by atoms with E-state index in [-0.39, 0.29) is 11.5 Å². The summed E-state index contributed by atoms with van der Waals surface area (Å²) in [6.45, 7) is 4.00. The molecular weight excluding hydrogens is 274 g/mol. The number of sulfonamides is 1. The predicted octanol–water partition coefficient (Wildman–Crippen LogP) is 2.39. The highest BCUT2D eigenvalue weighted by atomic mass is 32.2. The summed E-state index contributed by atoms with van der Waals surface area (Å²) < 4.78 is 27.5. The lowest BCUT2D eigenvalue weighted by Gasteiger charge is -2.27. The standard InChI is InChI=1S/C15H23NO3S/c1-12(2)13-5-7-14(8-6-13)20(18,19)16-15(11-17)9-3-4-10-15/h5-8,12,16-17H,3-4,9-11H2,1-2H3. The van der Waals surface area contributed by atoms with Gasteiger partial charge in [0.1, 0.15) is 0 Å². The summed E-state index contributed by atoms with van der Waals surface area (Å²) in [5, 5.41) is 9.52. The number of rotatable bonds is 5. The highest BCUT2D eigenvalue weighted by molar-refractivity contribution is 7.89. The summed E-state index contributed by atoms with van der Waals surface area (Å²) in [4.78, 5) is 0.265. The minimum atomic E-state index is -3.57.